The molecule has 0 saturated carbocycles. The molecule has 0 amide bonds. The van der Waals surface area contributed by atoms with E-state index in [2.05, 4.69) is 4.90 Å². The van der Waals surface area contributed by atoms with E-state index in [-0.39, 0.29) is 17.5 Å². The summed E-state index contributed by atoms with van der Waals surface area (Å²) >= 11 is 0. The average molecular weight is 207 g/mol. The van der Waals surface area contributed by atoms with Crippen molar-refractivity contribution < 1.29 is 9.18 Å². The number of anilines is 1. The van der Waals surface area contributed by atoms with E-state index in [0.717, 1.165) is 25.2 Å². The second-order valence-corrected chi connectivity index (χ2v) is 4.02. The lowest BCUT2D eigenvalue weighted by Crippen LogP contribution is -2.21. The lowest BCUT2D eigenvalue weighted by atomic mass is 10.1. The third-order valence-electron chi connectivity index (χ3n) is 2.95. The van der Waals surface area contributed by atoms with Crippen LogP contribution < -0.4 is 4.90 Å². The second-order valence-electron chi connectivity index (χ2n) is 4.02. The smallest absolute Gasteiger partial charge is 0.134 e. The van der Waals surface area contributed by atoms with Crippen LogP contribution >= 0.6 is 0 Å². The van der Waals surface area contributed by atoms with Crippen LogP contribution in [0, 0.1) is 11.7 Å². The topological polar surface area (TPSA) is 20.3 Å². The van der Waals surface area contributed by atoms with E-state index in [1.807, 2.05) is 0 Å². The molecule has 0 aromatic heterocycles. The minimum absolute atomic E-state index is 0.148. The van der Waals surface area contributed by atoms with Gasteiger partial charge in [0.1, 0.15) is 11.6 Å². The Morgan fingerprint density at radius 3 is 2.60 bits per heavy atom. The molecule has 0 N–H and O–H groups in total. The molecule has 1 aliphatic rings. The molecular formula is C12H14FNO. The Labute approximate surface area is 88.7 Å². The predicted octanol–water partition coefficient (Wildman–Crippen LogP) is 2.24. The van der Waals surface area contributed by atoms with E-state index in [1.165, 1.54) is 12.1 Å². The summed E-state index contributed by atoms with van der Waals surface area (Å²) in [5, 5.41) is 0. The molecule has 1 aromatic carbocycles. The number of hydrogen-bond donors (Lipinski definition) is 0. The van der Waals surface area contributed by atoms with Crippen LogP contribution in [0.2, 0.25) is 0 Å². The van der Waals surface area contributed by atoms with Gasteiger partial charge < -0.3 is 4.90 Å². The largest absolute Gasteiger partial charge is 0.371 e. The summed E-state index contributed by atoms with van der Waals surface area (Å²) in [6.07, 6.45) is 0.909. The van der Waals surface area contributed by atoms with Crippen molar-refractivity contribution in [2.75, 3.05) is 18.0 Å². The number of hydrogen-bond acceptors (Lipinski definition) is 2. The van der Waals surface area contributed by atoms with Gasteiger partial charge in [0, 0.05) is 24.7 Å². The molecule has 3 heteroatoms. The van der Waals surface area contributed by atoms with Crippen LogP contribution in [0.1, 0.15) is 13.3 Å². The number of halogens is 1. The van der Waals surface area contributed by atoms with Gasteiger partial charge in [-0.3, -0.25) is 4.79 Å². The Morgan fingerprint density at radius 2 is 2.07 bits per heavy atom. The first-order valence-electron chi connectivity index (χ1n) is 5.18. The number of nitrogens with zero attached hydrogens (tertiary/aromatic N) is 1. The summed E-state index contributed by atoms with van der Waals surface area (Å²) in [6.45, 7) is 3.29. The molecule has 0 spiro atoms. The van der Waals surface area contributed by atoms with Gasteiger partial charge in [-0.15, -0.1) is 0 Å². The first-order chi connectivity index (χ1) is 7.16. The fourth-order valence-corrected chi connectivity index (χ4v) is 1.98. The quantitative estimate of drug-likeness (QED) is 0.741. The van der Waals surface area contributed by atoms with Crippen molar-refractivity contribution in [3.05, 3.63) is 30.1 Å². The number of carbonyl (C=O) groups is 1. The van der Waals surface area contributed by atoms with Gasteiger partial charge >= 0.3 is 0 Å². The van der Waals surface area contributed by atoms with Gasteiger partial charge in [0.15, 0.2) is 0 Å². The highest BCUT2D eigenvalue weighted by molar-refractivity contribution is 5.79. The Hall–Kier alpha value is -1.38. The van der Waals surface area contributed by atoms with Crippen molar-refractivity contribution >= 4 is 11.5 Å². The Kier molecular flexibility index (Phi) is 2.71. The summed E-state index contributed by atoms with van der Waals surface area (Å²) in [6, 6.07) is 6.43. The van der Waals surface area contributed by atoms with Gasteiger partial charge in [-0.25, -0.2) is 4.39 Å². The SMILES string of the molecule is CC(=O)C1CCN(c2ccc(F)cc2)C1. The Balaban J connectivity index is 2.07. The van der Waals surface area contributed by atoms with E-state index in [9.17, 15) is 9.18 Å². The molecule has 1 heterocycles. The van der Waals surface area contributed by atoms with Gasteiger partial charge in [-0.1, -0.05) is 0 Å². The molecule has 0 aliphatic carbocycles. The van der Waals surface area contributed by atoms with Gasteiger partial charge in [0.2, 0.25) is 0 Å². The standard InChI is InChI=1S/C12H14FNO/c1-9(15)10-6-7-14(8-10)12-4-2-11(13)3-5-12/h2-5,10H,6-8H2,1H3. The van der Waals surface area contributed by atoms with Crippen molar-refractivity contribution in [1.29, 1.82) is 0 Å². The second kappa shape index (κ2) is 4.01. The molecule has 1 unspecified atom stereocenters. The molecule has 2 nitrogen and oxygen atoms in total. The number of carbonyl (C=O) groups excluding carboxylic acids is 1. The van der Waals surface area contributed by atoms with E-state index >= 15 is 0 Å². The average Bonchev–Trinajstić information content (AvgIpc) is 2.68. The highest BCUT2D eigenvalue weighted by Gasteiger charge is 2.25. The Morgan fingerprint density at radius 1 is 1.40 bits per heavy atom. The molecule has 2 rings (SSSR count). The van der Waals surface area contributed by atoms with Crippen LogP contribution in [0.5, 0.6) is 0 Å². The maximum Gasteiger partial charge on any atom is 0.134 e. The summed E-state index contributed by atoms with van der Waals surface area (Å²) < 4.78 is 12.7. The van der Waals surface area contributed by atoms with Crippen LogP contribution in [0.4, 0.5) is 10.1 Å². The third kappa shape index (κ3) is 2.17. The monoisotopic (exact) mass is 207 g/mol. The first kappa shape index (κ1) is 10.1. The highest BCUT2D eigenvalue weighted by atomic mass is 19.1. The molecule has 15 heavy (non-hydrogen) atoms. The molecule has 1 aromatic rings. The number of Topliss-reactive ketones (excluding diaryl/α,β-unsaturated/α-hetero) is 1. The van der Waals surface area contributed by atoms with Crippen molar-refractivity contribution in [2.24, 2.45) is 5.92 Å². The van der Waals surface area contributed by atoms with Crippen LogP contribution in [0.3, 0.4) is 0 Å². The van der Waals surface area contributed by atoms with Crippen molar-refractivity contribution in [3.8, 4) is 0 Å². The number of rotatable bonds is 2. The molecule has 80 valence electrons. The molecule has 0 bridgehead atoms. The normalized spacial score (nSPS) is 20.7. The summed E-state index contributed by atoms with van der Waals surface area (Å²) in [4.78, 5) is 13.3. The van der Waals surface area contributed by atoms with Crippen LogP contribution in [-0.2, 0) is 4.79 Å². The lowest BCUT2D eigenvalue weighted by molar-refractivity contribution is -0.120. The summed E-state index contributed by atoms with van der Waals surface area (Å²) in [5.74, 6) is 0.177. The van der Waals surface area contributed by atoms with Crippen LogP contribution in [0.15, 0.2) is 24.3 Å². The van der Waals surface area contributed by atoms with Crippen molar-refractivity contribution in [3.63, 3.8) is 0 Å². The lowest BCUT2D eigenvalue weighted by Gasteiger charge is -2.17. The van der Waals surface area contributed by atoms with Gasteiger partial charge in [0.05, 0.1) is 0 Å². The maximum absolute atomic E-state index is 12.7. The zero-order chi connectivity index (χ0) is 10.8. The van der Waals surface area contributed by atoms with Crippen molar-refractivity contribution in [1.82, 2.24) is 0 Å². The summed E-state index contributed by atoms with van der Waals surface area (Å²) in [7, 11) is 0. The van der Waals surface area contributed by atoms with Crippen LogP contribution in [-0.4, -0.2) is 18.9 Å². The first-order valence-corrected chi connectivity index (χ1v) is 5.18. The molecular weight excluding hydrogens is 193 g/mol. The number of benzene rings is 1. The Bertz CT molecular complexity index is 360. The molecule has 1 aliphatic heterocycles. The molecule has 0 radical (unpaired) electrons. The van der Waals surface area contributed by atoms with E-state index in [0.29, 0.717) is 0 Å². The number of ketones is 1. The summed E-state index contributed by atoms with van der Waals surface area (Å²) in [5.41, 5.74) is 1.00. The molecule has 1 atom stereocenters. The van der Waals surface area contributed by atoms with E-state index < -0.39 is 0 Å². The van der Waals surface area contributed by atoms with Crippen LogP contribution in [0.25, 0.3) is 0 Å². The van der Waals surface area contributed by atoms with Gasteiger partial charge in [-0.2, -0.15) is 0 Å². The zero-order valence-electron chi connectivity index (χ0n) is 8.74. The molecule has 1 fully saturated rings. The minimum atomic E-state index is -0.221. The minimum Gasteiger partial charge on any atom is -0.371 e. The van der Waals surface area contributed by atoms with Gasteiger partial charge in [-0.05, 0) is 37.6 Å². The van der Waals surface area contributed by atoms with Crippen molar-refractivity contribution in [2.45, 2.75) is 13.3 Å². The fraction of sp³-hybridized carbons (Fsp3) is 0.417. The zero-order valence-corrected chi connectivity index (χ0v) is 8.74. The fourth-order valence-electron chi connectivity index (χ4n) is 1.98. The highest BCUT2D eigenvalue weighted by Crippen LogP contribution is 2.24. The molecule has 1 saturated heterocycles. The predicted molar refractivity (Wildman–Crippen MR) is 57.4 cm³/mol. The third-order valence-corrected chi connectivity index (χ3v) is 2.95. The van der Waals surface area contributed by atoms with E-state index in [4.69, 9.17) is 0 Å². The maximum atomic E-state index is 12.7. The van der Waals surface area contributed by atoms with Gasteiger partial charge in [0.25, 0.3) is 0 Å². The van der Waals surface area contributed by atoms with E-state index in [1.54, 1.807) is 19.1 Å².